The van der Waals surface area contributed by atoms with Crippen molar-refractivity contribution in [2.75, 3.05) is 10.6 Å². The summed E-state index contributed by atoms with van der Waals surface area (Å²) in [6, 6.07) is 8.87. The van der Waals surface area contributed by atoms with E-state index >= 15 is 0 Å². The number of urea groups is 1. The summed E-state index contributed by atoms with van der Waals surface area (Å²) in [6.45, 7) is 0. The highest BCUT2D eigenvalue weighted by molar-refractivity contribution is 7.10. The minimum absolute atomic E-state index is 0.205. The molecule has 2 amide bonds. The van der Waals surface area contributed by atoms with Crippen molar-refractivity contribution in [1.82, 2.24) is 9.36 Å². The first-order valence-corrected chi connectivity index (χ1v) is 5.23. The summed E-state index contributed by atoms with van der Waals surface area (Å²) in [5.41, 5.74) is 5.85. The van der Waals surface area contributed by atoms with Crippen LogP contribution in [0.2, 0.25) is 0 Å². The van der Waals surface area contributed by atoms with Gasteiger partial charge >= 0.3 is 6.03 Å². The number of nitrogens with two attached hydrogens (primary N) is 1. The van der Waals surface area contributed by atoms with Gasteiger partial charge in [-0.3, -0.25) is 5.32 Å². The Labute approximate surface area is 95.7 Å². The van der Waals surface area contributed by atoms with Crippen molar-refractivity contribution >= 4 is 34.3 Å². The molecule has 2 rings (SSSR count). The third kappa shape index (κ3) is 2.67. The highest BCUT2D eigenvalue weighted by Gasteiger charge is 2.05. The summed E-state index contributed by atoms with van der Waals surface area (Å²) in [6.07, 6.45) is 0. The van der Waals surface area contributed by atoms with Crippen molar-refractivity contribution in [2.45, 2.75) is 0 Å². The van der Waals surface area contributed by atoms with Crippen molar-refractivity contribution in [2.24, 2.45) is 5.73 Å². The zero-order valence-corrected chi connectivity index (χ0v) is 8.99. The molecule has 0 radical (unpaired) electrons. The molecule has 82 valence electrons. The maximum Gasteiger partial charge on any atom is 0.319 e. The van der Waals surface area contributed by atoms with Gasteiger partial charge in [-0.15, -0.1) is 0 Å². The van der Waals surface area contributed by atoms with Crippen LogP contribution in [0.25, 0.3) is 0 Å². The monoisotopic (exact) mass is 235 g/mol. The summed E-state index contributed by atoms with van der Waals surface area (Å²) in [5.74, 6) is 0.205. The Morgan fingerprint density at radius 1 is 1.31 bits per heavy atom. The molecule has 1 heterocycles. The summed E-state index contributed by atoms with van der Waals surface area (Å²) in [5, 5.41) is 5.94. The number of nitrogens with zero attached hydrogens (tertiary/aromatic N) is 2. The van der Waals surface area contributed by atoms with E-state index in [1.54, 1.807) is 0 Å². The lowest BCUT2D eigenvalue weighted by molar-refractivity contribution is 0.259. The predicted molar refractivity (Wildman–Crippen MR) is 62.8 cm³/mol. The second-order valence-electron chi connectivity index (χ2n) is 2.90. The Hall–Kier alpha value is -2.15. The van der Waals surface area contributed by atoms with E-state index in [-0.39, 0.29) is 5.95 Å². The lowest BCUT2D eigenvalue weighted by atomic mass is 10.3. The number of para-hydroxylation sites is 1. The molecule has 16 heavy (non-hydrogen) atoms. The molecule has 1 aromatic heterocycles. The van der Waals surface area contributed by atoms with E-state index in [0.717, 1.165) is 17.2 Å². The standard InChI is InChI=1S/C9H9N5OS/c10-7(15)12-8-13-9(16-14-8)11-6-4-2-1-3-5-6/h1-5H,(H4,10,11,12,13,14,15). The van der Waals surface area contributed by atoms with Crippen molar-refractivity contribution < 1.29 is 4.79 Å². The van der Waals surface area contributed by atoms with Crippen LogP contribution in [0.5, 0.6) is 0 Å². The van der Waals surface area contributed by atoms with E-state index in [1.807, 2.05) is 30.3 Å². The van der Waals surface area contributed by atoms with Gasteiger partial charge in [-0.05, 0) is 12.1 Å². The Morgan fingerprint density at radius 3 is 2.75 bits per heavy atom. The van der Waals surface area contributed by atoms with Crippen LogP contribution >= 0.6 is 11.5 Å². The second kappa shape index (κ2) is 4.58. The molecule has 7 heteroatoms. The number of primary amides is 1. The summed E-state index contributed by atoms with van der Waals surface area (Å²) in [4.78, 5) is 14.6. The maximum atomic E-state index is 10.6. The Balaban J connectivity index is 2.06. The molecule has 0 spiro atoms. The van der Waals surface area contributed by atoms with Crippen LogP contribution in [0.1, 0.15) is 0 Å². The van der Waals surface area contributed by atoms with Crippen LogP contribution in [0.15, 0.2) is 30.3 Å². The van der Waals surface area contributed by atoms with Crippen molar-refractivity contribution in [3.05, 3.63) is 30.3 Å². The van der Waals surface area contributed by atoms with Crippen LogP contribution in [-0.2, 0) is 0 Å². The minimum atomic E-state index is -0.677. The van der Waals surface area contributed by atoms with Gasteiger partial charge in [0.05, 0.1) is 0 Å². The van der Waals surface area contributed by atoms with Crippen LogP contribution in [0.3, 0.4) is 0 Å². The number of carbonyl (C=O) groups is 1. The fraction of sp³-hybridized carbons (Fsp3) is 0. The van der Waals surface area contributed by atoms with Gasteiger partial charge in [0.15, 0.2) is 0 Å². The molecule has 0 fully saturated rings. The van der Waals surface area contributed by atoms with E-state index < -0.39 is 6.03 Å². The van der Waals surface area contributed by atoms with Gasteiger partial charge in [0, 0.05) is 17.2 Å². The molecule has 0 aliphatic rings. The number of carbonyl (C=O) groups excluding carboxylic acids is 1. The number of nitrogens with one attached hydrogen (secondary N) is 2. The third-order valence-electron chi connectivity index (χ3n) is 1.69. The number of amides is 2. The molecule has 6 nitrogen and oxygen atoms in total. The normalized spacial score (nSPS) is 9.75. The Kier molecular flexibility index (Phi) is 2.97. The predicted octanol–water partition coefficient (Wildman–Crippen LogP) is 1.77. The van der Waals surface area contributed by atoms with Crippen molar-refractivity contribution in [3.63, 3.8) is 0 Å². The Morgan fingerprint density at radius 2 is 2.06 bits per heavy atom. The van der Waals surface area contributed by atoms with Gasteiger partial charge in [-0.2, -0.15) is 9.36 Å². The van der Waals surface area contributed by atoms with E-state index in [9.17, 15) is 4.79 Å². The largest absolute Gasteiger partial charge is 0.351 e. The van der Waals surface area contributed by atoms with Crippen LogP contribution in [-0.4, -0.2) is 15.4 Å². The fourth-order valence-corrected chi connectivity index (χ4v) is 1.63. The zero-order chi connectivity index (χ0) is 11.4. The van der Waals surface area contributed by atoms with Crippen LogP contribution in [0.4, 0.5) is 21.6 Å². The average Bonchev–Trinajstić information content (AvgIpc) is 2.66. The first-order chi connectivity index (χ1) is 7.74. The number of anilines is 3. The number of hydrogen-bond donors (Lipinski definition) is 3. The number of aromatic nitrogens is 2. The SMILES string of the molecule is NC(=O)Nc1nsc(Nc2ccccc2)n1. The molecule has 0 bridgehead atoms. The summed E-state index contributed by atoms with van der Waals surface area (Å²) >= 11 is 1.14. The highest BCUT2D eigenvalue weighted by Crippen LogP contribution is 2.19. The van der Waals surface area contributed by atoms with Gasteiger partial charge in [-0.1, -0.05) is 18.2 Å². The molecular formula is C9H9N5OS. The van der Waals surface area contributed by atoms with Crippen molar-refractivity contribution in [3.8, 4) is 0 Å². The minimum Gasteiger partial charge on any atom is -0.351 e. The third-order valence-corrected chi connectivity index (χ3v) is 2.32. The molecule has 2 aromatic rings. The van der Waals surface area contributed by atoms with E-state index in [0.29, 0.717) is 5.13 Å². The molecule has 0 saturated carbocycles. The first-order valence-electron chi connectivity index (χ1n) is 4.46. The molecule has 4 N–H and O–H groups in total. The first kappa shape index (κ1) is 10.4. The molecule has 0 atom stereocenters. The van der Waals surface area contributed by atoms with E-state index in [1.165, 1.54) is 0 Å². The molecule has 1 aromatic carbocycles. The fourth-order valence-electron chi connectivity index (χ4n) is 1.08. The summed E-state index contributed by atoms with van der Waals surface area (Å²) < 4.78 is 3.91. The molecule has 0 unspecified atom stereocenters. The quantitative estimate of drug-likeness (QED) is 0.755. The lowest BCUT2D eigenvalue weighted by Crippen LogP contribution is -2.19. The lowest BCUT2D eigenvalue weighted by Gasteiger charge is -1.99. The Bertz CT molecular complexity index is 484. The number of hydrogen-bond acceptors (Lipinski definition) is 5. The molecular weight excluding hydrogens is 226 g/mol. The highest BCUT2D eigenvalue weighted by atomic mass is 32.1. The molecule has 0 saturated heterocycles. The second-order valence-corrected chi connectivity index (χ2v) is 3.66. The van der Waals surface area contributed by atoms with Gasteiger partial charge < -0.3 is 11.1 Å². The summed E-state index contributed by atoms with van der Waals surface area (Å²) in [7, 11) is 0. The van der Waals surface area contributed by atoms with Gasteiger partial charge in [0.2, 0.25) is 11.1 Å². The average molecular weight is 235 g/mol. The van der Waals surface area contributed by atoms with E-state index in [2.05, 4.69) is 20.0 Å². The van der Waals surface area contributed by atoms with Crippen molar-refractivity contribution in [1.29, 1.82) is 0 Å². The number of rotatable bonds is 3. The zero-order valence-electron chi connectivity index (χ0n) is 8.18. The van der Waals surface area contributed by atoms with Gasteiger partial charge in [-0.25, -0.2) is 4.79 Å². The molecule has 0 aliphatic heterocycles. The van der Waals surface area contributed by atoms with Gasteiger partial charge in [0.25, 0.3) is 0 Å². The molecule has 0 aliphatic carbocycles. The maximum absolute atomic E-state index is 10.6. The van der Waals surface area contributed by atoms with E-state index in [4.69, 9.17) is 5.73 Å². The van der Waals surface area contributed by atoms with Gasteiger partial charge in [0.1, 0.15) is 0 Å². The number of benzene rings is 1. The van der Waals surface area contributed by atoms with Crippen LogP contribution < -0.4 is 16.4 Å². The van der Waals surface area contributed by atoms with Crippen LogP contribution in [0, 0.1) is 0 Å². The topological polar surface area (TPSA) is 92.9 Å². The smallest absolute Gasteiger partial charge is 0.319 e.